The van der Waals surface area contributed by atoms with E-state index in [2.05, 4.69) is 30.9 Å². The summed E-state index contributed by atoms with van der Waals surface area (Å²) in [4.78, 5) is 72.8. The van der Waals surface area contributed by atoms with Gasteiger partial charge in [0.05, 0.1) is 12.4 Å². The fourth-order valence-corrected chi connectivity index (χ4v) is 3.91. The van der Waals surface area contributed by atoms with Crippen LogP contribution in [-0.4, -0.2) is 86.5 Å². The van der Waals surface area contributed by atoms with Crippen molar-refractivity contribution in [3.63, 3.8) is 0 Å². The lowest BCUT2D eigenvalue weighted by Crippen LogP contribution is -2.57. The maximum Gasteiger partial charge on any atom is 0.326 e. The Morgan fingerprint density at radius 1 is 0.881 bits per heavy atom. The first kappa shape index (κ1) is 33.2. The minimum atomic E-state index is -1.35. The summed E-state index contributed by atoms with van der Waals surface area (Å²) in [5.74, 6) is -5.03. The van der Waals surface area contributed by atoms with Gasteiger partial charge in [0.1, 0.15) is 18.1 Å². The molecule has 0 saturated heterocycles. The molecule has 0 aliphatic rings. The van der Waals surface area contributed by atoms with Crippen LogP contribution in [0.15, 0.2) is 47.8 Å². The fraction of sp³-hybridized carbons (Fsp3) is 0.423. The molecule has 12 N–H and O–H groups in total. The first-order valence-electron chi connectivity index (χ1n) is 13.1. The SMILES string of the molecule is NC(N)=NCCCC(NC(=O)C(Cc1cnc[nH]1)NC(=O)C(CCC(=O)O)NC(=O)C(N)Cc1ccccc1)C(=O)O. The maximum absolute atomic E-state index is 13.3. The molecule has 0 bridgehead atoms. The number of nitrogens with zero attached hydrogens (tertiary/aromatic N) is 2. The zero-order valence-electron chi connectivity index (χ0n) is 22.9. The van der Waals surface area contributed by atoms with E-state index in [4.69, 9.17) is 17.2 Å². The molecular formula is C26H37N9O7. The van der Waals surface area contributed by atoms with Crippen LogP contribution < -0.4 is 33.2 Å². The number of carbonyl (C=O) groups excluding carboxylic acids is 3. The minimum Gasteiger partial charge on any atom is -0.481 e. The second-order valence-electron chi connectivity index (χ2n) is 9.48. The minimum absolute atomic E-state index is 0.000819. The van der Waals surface area contributed by atoms with Gasteiger partial charge >= 0.3 is 11.9 Å². The van der Waals surface area contributed by atoms with Gasteiger partial charge in [-0.05, 0) is 31.2 Å². The summed E-state index contributed by atoms with van der Waals surface area (Å²) in [5.41, 5.74) is 17.8. The van der Waals surface area contributed by atoms with Crippen molar-refractivity contribution >= 4 is 35.6 Å². The van der Waals surface area contributed by atoms with Crippen molar-refractivity contribution in [1.29, 1.82) is 0 Å². The number of aromatic amines is 1. The Hall–Kier alpha value is -4.99. The lowest BCUT2D eigenvalue weighted by molar-refractivity contribution is -0.142. The van der Waals surface area contributed by atoms with Crippen molar-refractivity contribution in [1.82, 2.24) is 25.9 Å². The molecule has 1 aromatic heterocycles. The van der Waals surface area contributed by atoms with Gasteiger partial charge in [0.15, 0.2) is 5.96 Å². The van der Waals surface area contributed by atoms with Crippen molar-refractivity contribution in [3.05, 3.63) is 54.1 Å². The van der Waals surface area contributed by atoms with E-state index in [1.165, 1.54) is 12.5 Å². The van der Waals surface area contributed by atoms with E-state index in [-0.39, 0.29) is 44.6 Å². The molecule has 0 spiro atoms. The van der Waals surface area contributed by atoms with Gasteiger partial charge in [0, 0.05) is 31.3 Å². The summed E-state index contributed by atoms with van der Waals surface area (Å²) < 4.78 is 0. The van der Waals surface area contributed by atoms with Gasteiger partial charge in [-0.3, -0.25) is 24.2 Å². The smallest absolute Gasteiger partial charge is 0.326 e. The number of aliphatic imine (C=N–C) groups is 1. The number of carbonyl (C=O) groups is 5. The van der Waals surface area contributed by atoms with Crippen molar-refractivity contribution in [2.24, 2.45) is 22.2 Å². The third-order valence-corrected chi connectivity index (χ3v) is 6.09. The number of nitrogens with two attached hydrogens (primary N) is 3. The van der Waals surface area contributed by atoms with Crippen molar-refractivity contribution in [3.8, 4) is 0 Å². The van der Waals surface area contributed by atoms with Gasteiger partial charge in [-0.2, -0.15) is 0 Å². The normalized spacial score (nSPS) is 13.5. The number of carboxylic acid groups (broad SMARTS) is 2. The molecule has 0 fully saturated rings. The van der Waals surface area contributed by atoms with Crippen LogP contribution in [0.25, 0.3) is 0 Å². The van der Waals surface area contributed by atoms with Gasteiger partial charge in [-0.1, -0.05) is 30.3 Å². The Morgan fingerprint density at radius 3 is 2.12 bits per heavy atom. The summed E-state index contributed by atoms with van der Waals surface area (Å²) in [5, 5.41) is 26.2. The number of hydrogen-bond donors (Lipinski definition) is 9. The van der Waals surface area contributed by atoms with Gasteiger partial charge in [-0.25, -0.2) is 9.78 Å². The molecule has 3 amide bonds. The lowest BCUT2D eigenvalue weighted by Gasteiger charge is -2.25. The number of amides is 3. The summed E-state index contributed by atoms with van der Waals surface area (Å²) in [6.45, 7) is 0.146. The predicted octanol–water partition coefficient (Wildman–Crippen LogP) is -2.02. The molecule has 4 unspecified atom stereocenters. The van der Waals surface area contributed by atoms with Gasteiger partial charge in [0.2, 0.25) is 17.7 Å². The molecule has 4 atom stereocenters. The van der Waals surface area contributed by atoms with Crippen molar-refractivity contribution < 1.29 is 34.2 Å². The van der Waals surface area contributed by atoms with Crippen LogP contribution in [0.4, 0.5) is 0 Å². The van der Waals surface area contributed by atoms with E-state index in [0.29, 0.717) is 5.69 Å². The third-order valence-electron chi connectivity index (χ3n) is 6.09. The standard InChI is InChI=1S/C26H37N9O7/c27-17(11-15-5-2-1-3-6-15)22(38)33-18(8-9-21(36)37)23(39)35-20(12-16-13-30-14-32-16)24(40)34-19(25(41)42)7-4-10-31-26(28)29/h1-3,5-6,13-14,17-20H,4,7-12,27H2,(H,30,32)(H,33,38)(H,34,40)(H,35,39)(H,36,37)(H,41,42)(H4,28,29,31). The van der Waals surface area contributed by atoms with Crippen LogP contribution in [0.2, 0.25) is 0 Å². The second-order valence-corrected chi connectivity index (χ2v) is 9.48. The molecule has 0 aliphatic carbocycles. The number of aromatic nitrogens is 2. The van der Waals surface area contributed by atoms with Crippen LogP contribution in [0, 0.1) is 0 Å². The second kappa shape index (κ2) is 17.0. The van der Waals surface area contributed by atoms with Crippen LogP contribution in [0.5, 0.6) is 0 Å². The highest BCUT2D eigenvalue weighted by molar-refractivity contribution is 5.94. The molecule has 1 heterocycles. The summed E-state index contributed by atoms with van der Waals surface area (Å²) in [7, 11) is 0. The maximum atomic E-state index is 13.3. The number of benzene rings is 1. The highest BCUT2D eigenvalue weighted by Crippen LogP contribution is 2.07. The Balaban J connectivity index is 2.16. The molecule has 16 heteroatoms. The highest BCUT2D eigenvalue weighted by Gasteiger charge is 2.31. The Labute approximate surface area is 241 Å². The Bertz CT molecular complexity index is 1220. The summed E-state index contributed by atoms with van der Waals surface area (Å²) >= 11 is 0. The molecule has 2 aromatic rings. The average Bonchev–Trinajstić information content (AvgIpc) is 3.45. The van der Waals surface area contributed by atoms with Crippen LogP contribution >= 0.6 is 0 Å². The Morgan fingerprint density at radius 2 is 1.52 bits per heavy atom. The fourth-order valence-electron chi connectivity index (χ4n) is 3.91. The van der Waals surface area contributed by atoms with Crippen LogP contribution in [0.1, 0.15) is 36.9 Å². The van der Waals surface area contributed by atoms with E-state index in [0.717, 1.165) is 5.56 Å². The molecule has 2 rings (SSSR count). The number of nitrogens with one attached hydrogen (secondary N) is 4. The van der Waals surface area contributed by atoms with Crippen molar-refractivity contribution in [2.45, 2.75) is 62.7 Å². The quantitative estimate of drug-likeness (QED) is 0.0521. The first-order chi connectivity index (χ1) is 20.0. The summed E-state index contributed by atoms with van der Waals surface area (Å²) in [6, 6.07) is 3.94. The monoisotopic (exact) mass is 587 g/mol. The number of guanidine groups is 1. The van der Waals surface area contributed by atoms with Crippen molar-refractivity contribution in [2.75, 3.05) is 6.54 Å². The molecular weight excluding hydrogens is 550 g/mol. The number of carboxylic acids is 2. The number of H-pyrrole nitrogens is 1. The molecule has 228 valence electrons. The van der Waals surface area contributed by atoms with E-state index in [1.54, 1.807) is 24.3 Å². The number of imidazole rings is 1. The molecule has 0 radical (unpaired) electrons. The van der Waals surface area contributed by atoms with E-state index >= 15 is 0 Å². The zero-order valence-corrected chi connectivity index (χ0v) is 22.9. The molecule has 42 heavy (non-hydrogen) atoms. The van der Waals surface area contributed by atoms with E-state index in [1.807, 2.05) is 6.07 Å². The van der Waals surface area contributed by atoms with E-state index < -0.39 is 60.2 Å². The predicted molar refractivity (Wildman–Crippen MR) is 151 cm³/mol. The Kier molecular flexibility index (Phi) is 13.4. The number of rotatable bonds is 18. The first-order valence-corrected chi connectivity index (χ1v) is 13.1. The molecule has 1 aromatic carbocycles. The van der Waals surface area contributed by atoms with Gasteiger partial charge in [-0.15, -0.1) is 0 Å². The third kappa shape index (κ3) is 12.0. The van der Waals surface area contributed by atoms with Crippen LogP contribution in [-0.2, 0) is 36.8 Å². The lowest BCUT2D eigenvalue weighted by atomic mass is 10.0. The number of hydrogen-bond acceptors (Lipinski definition) is 8. The highest BCUT2D eigenvalue weighted by atomic mass is 16.4. The number of aliphatic carboxylic acids is 2. The molecule has 16 nitrogen and oxygen atoms in total. The molecule has 0 saturated carbocycles. The van der Waals surface area contributed by atoms with Gasteiger partial charge < -0.3 is 48.3 Å². The molecule has 0 aliphatic heterocycles. The zero-order chi connectivity index (χ0) is 31.1. The van der Waals surface area contributed by atoms with Crippen LogP contribution in [0.3, 0.4) is 0 Å². The van der Waals surface area contributed by atoms with Gasteiger partial charge in [0.25, 0.3) is 0 Å². The average molecular weight is 588 g/mol. The largest absolute Gasteiger partial charge is 0.481 e. The van der Waals surface area contributed by atoms with E-state index in [9.17, 15) is 34.2 Å². The topological polar surface area (TPSA) is 281 Å². The summed E-state index contributed by atoms with van der Waals surface area (Å²) in [6.07, 6.45) is 2.35.